The molecule has 0 aliphatic carbocycles. The van der Waals surface area contributed by atoms with E-state index in [2.05, 4.69) is 162 Å². The third kappa shape index (κ3) is 5.40. The molecule has 3 heterocycles. The lowest BCUT2D eigenvalue weighted by Crippen LogP contribution is -2.04. The van der Waals surface area contributed by atoms with Crippen LogP contribution in [-0.4, -0.2) is 19.5 Å². The van der Waals surface area contributed by atoms with Gasteiger partial charge in [0.25, 0.3) is 0 Å². The Kier molecular flexibility index (Phi) is 7.64. The van der Waals surface area contributed by atoms with E-state index < -0.39 is 0 Å². The number of hydrogen-bond acceptors (Lipinski definition) is 4. The summed E-state index contributed by atoms with van der Waals surface area (Å²) in [5.41, 5.74) is 10.7. The van der Waals surface area contributed by atoms with Crippen molar-refractivity contribution < 1.29 is 0 Å². The maximum atomic E-state index is 5.30. The van der Waals surface area contributed by atoms with Crippen molar-refractivity contribution in [1.82, 2.24) is 19.5 Å². The maximum Gasteiger partial charge on any atom is 0.166 e. The maximum absolute atomic E-state index is 5.30. The van der Waals surface area contributed by atoms with Gasteiger partial charge in [0.15, 0.2) is 17.5 Å². The van der Waals surface area contributed by atoms with Gasteiger partial charge >= 0.3 is 0 Å². The molecular formula is C51H32N4S. The normalized spacial score (nSPS) is 11.6. The molecular weight excluding hydrogens is 701 g/mol. The minimum Gasteiger partial charge on any atom is -0.308 e. The largest absolute Gasteiger partial charge is 0.308 e. The van der Waals surface area contributed by atoms with Crippen molar-refractivity contribution >= 4 is 53.3 Å². The van der Waals surface area contributed by atoms with E-state index in [9.17, 15) is 0 Å². The van der Waals surface area contributed by atoms with Crippen LogP contribution in [0.2, 0.25) is 0 Å². The topological polar surface area (TPSA) is 43.6 Å². The van der Waals surface area contributed by atoms with E-state index in [1.165, 1.54) is 47.6 Å². The Morgan fingerprint density at radius 1 is 0.357 bits per heavy atom. The highest BCUT2D eigenvalue weighted by molar-refractivity contribution is 7.26. The summed E-state index contributed by atoms with van der Waals surface area (Å²) in [6.45, 7) is 0. The number of fused-ring (bicyclic) bond motifs is 7. The Hall–Kier alpha value is -7.21. The highest BCUT2D eigenvalue weighted by Crippen LogP contribution is 2.45. The molecule has 0 amide bonds. The molecule has 11 rings (SSSR count). The van der Waals surface area contributed by atoms with Crippen LogP contribution in [-0.2, 0) is 0 Å². The molecule has 3 aromatic heterocycles. The molecule has 0 aliphatic heterocycles. The first-order valence-electron chi connectivity index (χ1n) is 18.8. The van der Waals surface area contributed by atoms with E-state index >= 15 is 0 Å². The number of hydrogen-bond donors (Lipinski definition) is 0. The third-order valence-electron chi connectivity index (χ3n) is 10.7. The van der Waals surface area contributed by atoms with Gasteiger partial charge in [-0.05, 0) is 58.7 Å². The second-order valence-electron chi connectivity index (χ2n) is 14.0. The number of thiophene rings is 1. The zero-order chi connectivity index (χ0) is 37.0. The lowest BCUT2D eigenvalue weighted by atomic mass is 9.97. The molecule has 56 heavy (non-hydrogen) atoms. The molecule has 4 nitrogen and oxygen atoms in total. The van der Waals surface area contributed by atoms with E-state index in [1.54, 1.807) is 0 Å². The van der Waals surface area contributed by atoms with Crippen LogP contribution >= 0.6 is 11.3 Å². The third-order valence-corrected chi connectivity index (χ3v) is 11.8. The Balaban J connectivity index is 1.24. The minimum atomic E-state index is 0.613. The fraction of sp³-hybridized carbons (Fsp3) is 0. The van der Waals surface area contributed by atoms with Gasteiger partial charge in [-0.3, -0.25) is 0 Å². The highest BCUT2D eigenvalue weighted by atomic mass is 32.1. The molecule has 0 fully saturated rings. The Morgan fingerprint density at radius 2 is 0.911 bits per heavy atom. The number of para-hydroxylation sites is 1. The molecule has 0 aliphatic rings. The summed E-state index contributed by atoms with van der Waals surface area (Å²) in [7, 11) is 0. The summed E-state index contributed by atoms with van der Waals surface area (Å²) >= 11 is 1.84. The van der Waals surface area contributed by atoms with Crippen molar-refractivity contribution in [3.05, 3.63) is 194 Å². The first-order valence-corrected chi connectivity index (χ1v) is 19.6. The second-order valence-corrected chi connectivity index (χ2v) is 15.1. The van der Waals surface area contributed by atoms with E-state index in [4.69, 9.17) is 15.0 Å². The molecule has 0 unspecified atom stereocenters. The van der Waals surface area contributed by atoms with Crippen LogP contribution in [0.5, 0.6) is 0 Å². The summed E-state index contributed by atoms with van der Waals surface area (Å²) < 4.78 is 4.98. The fourth-order valence-electron chi connectivity index (χ4n) is 8.04. The standard InChI is InChI=1S/C51H32N4S/c1-4-15-33(16-5-1)36-21-14-22-37(31-36)38-27-29-44(42(32-38)51-53-49(34-17-6-2-7-18-34)52-50(54-51)35-19-8-3-9-20-35)55-43-25-12-10-23-39(43)40-28-30-46-47(48(40)55)41-24-11-13-26-45(41)56-46/h1-32H. The van der Waals surface area contributed by atoms with Crippen molar-refractivity contribution in [1.29, 1.82) is 0 Å². The fourth-order valence-corrected chi connectivity index (χ4v) is 9.15. The van der Waals surface area contributed by atoms with Gasteiger partial charge in [-0.2, -0.15) is 0 Å². The molecule has 5 heteroatoms. The first-order chi connectivity index (χ1) is 27.8. The molecule has 0 N–H and O–H groups in total. The van der Waals surface area contributed by atoms with Gasteiger partial charge in [0, 0.05) is 47.6 Å². The Bertz CT molecular complexity index is 3180. The molecule has 0 atom stereocenters. The molecule has 262 valence electrons. The van der Waals surface area contributed by atoms with E-state index in [-0.39, 0.29) is 0 Å². The Morgan fingerprint density at radius 3 is 1.62 bits per heavy atom. The van der Waals surface area contributed by atoms with Crippen LogP contribution in [0.25, 0.3) is 104 Å². The van der Waals surface area contributed by atoms with Crippen molar-refractivity contribution in [2.24, 2.45) is 0 Å². The number of nitrogens with zero attached hydrogens (tertiary/aromatic N) is 4. The second kappa shape index (κ2) is 13.3. The summed E-state index contributed by atoms with van der Waals surface area (Å²) in [5, 5.41) is 4.94. The van der Waals surface area contributed by atoms with Gasteiger partial charge in [0.2, 0.25) is 0 Å². The number of rotatable bonds is 6. The molecule has 11 aromatic rings. The smallest absolute Gasteiger partial charge is 0.166 e. The Labute approximate surface area is 327 Å². The summed E-state index contributed by atoms with van der Waals surface area (Å²) in [6.07, 6.45) is 0. The van der Waals surface area contributed by atoms with Crippen LogP contribution in [0.1, 0.15) is 0 Å². The average Bonchev–Trinajstić information content (AvgIpc) is 3.83. The van der Waals surface area contributed by atoms with Gasteiger partial charge in [-0.25, -0.2) is 15.0 Å². The van der Waals surface area contributed by atoms with Crippen LogP contribution in [0, 0.1) is 0 Å². The molecule has 0 saturated carbocycles. The summed E-state index contributed by atoms with van der Waals surface area (Å²) in [6, 6.07) is 68.6. The van der Waals surface area contributed by atoms with Gasteiger partial charge in [0.1, 0.15) is 0 Å². The predicted molar refractivity (Wildman–Crippen MR) is 234 cm³/mol. The monoisotopic (exact) mass is 732 g/mol. The van der Waals surface area contributed by atoms with Crippen molar-refractivity contribution in [2.45, 2.75) is 0 Å². The van der Waals surface area contributed by atoms with Crippen LogP contribution in [0.3, 0.4) is 0 Å². The SMILES string of the molecule is c1ccc(-c2cccc(-c3ccc(-n4c5ccccc5c5ccc6sc7ccccc7c6c54)c(-c4nc(-c5ccccc5)nc(-c5ccccc5)n4)c3)c2)cc1. The molecule has 0 spiro atoms. The molecule has 0 saturated heterocycles. The average molecular weight is 733 g/mol. The molecule has 0 bridgehead atoms. The number of benzene rings is 8. The number of aromatic nitrogens is 4. The zero-order valence-corrected chi connectivity index (χ0v) is 31.0. The lowest BCUT2D eigenvalue weighted by Gasteiger charge is -2.17. The molecule has 0 radical (unpaired) electrons. The van der Waals surface area contributed by atoms with E-state index in [0.29, 0.717) is 17.5 Å². The first kappa shape index (κ1) is 32.2. The van der Waals surface area contributed by atoms with Gasteiger partial charge in [-0.15, -0.1) is 11.3 Å². The van der Waals surface area contributed by atoms with Gasteiger partial charge < -0.3 is 4.57 Å². The van der Waals surface area contributed by atoms with Crippen LogP contribution in [0.4, 0.5) is 0 Å². The highest BCUT2D eigenvalue weighted by Gasteiger charge is 2.23. The zero-order valence-electron chi connectivity index (χ0n) is 30.2. The lowest BCUT2D eigenvalue weighted by molar-refractivity contribution is 1.06. The van der Waals surface area contributed by atoms with Crippen molar-refractivity contribution in [2.75, 3.05) is 0 Å². The van der Waals surface area contributed by atoms with E-state index in [0.717, 1.165) is 39.0 Å². The van der Waals surface area contributed by atoms with Crippen LogP contribution < -0.4 is 0 Å². The minimum absolute atomic E-state index is 0.613. The van der Waals surface area contributed by atoms with Gasteiger partial charge in [-0.1, -0.05) is 158 Å². The van der Waals surface area contributed by atoms with Crippen molar-refractivity contribution in [3.63, 3.8) is 0 Å². The quantitative estimate of drug-likeness (QED) is 0.171. The van der Waals surface area contributed by atoms with Gasteiger partial charge in [0.05, 0.1) is 16.7 Å². The summed E-state index contributed by atoms with van der Waals surface area (Å²) in [4.78, 5) is 15.7. The van der Waals surface area contributed by atoms with Crippen LogP contribution in [0.15, 0.2) is 194 Å². The molecule has 8 aromatic carbocycles. The predicted octanol–water partition coefficient (Wildman–Crippen LogP) is 13.7. The van der Waals surface area contributed by atoms with E-state index in [1.807, 2.05) is 47.7 Å². The van der Waals surface area contributed by atoms with Crippen molar-refractivity contribution in [3.8, 4) is 62.1 Å². The summed E-state index contributed by atoms with van der Waals surface area (Å²) in [5.74, 6) is 1.87.